The number of carbonyl (C=O) groups excluding carboxylic acids is 1. The van der Waals surface area contributed by atoms with Gasteiger partial charge < -0.3 is 23.1 Å². The fourth-order valence-corrected chi connectivity index (χ4v) is 3.03. The molecule has 1 aromatic heterocycles. The number of aromatic nitrogens is 2. The normalized spacial score (nSPS) is 10.8. The Morgan fingerprint density at radius 3 is 2.12 bits per heavy atom. The molecule has 11 heteroatoms. The maximum Gasteiger partial charge on any atom is 0.346 e. The minimum absolute atomic E-state index is 0.0458. The summed E-state index contributed by atoms with van der Waals surface area (Å²) < 4.78 is 49.6. The first-order valence-corrected chi connectivity index (χ1v) is 11.0. The van der Waals surface area contributed by atoms with Crippen LogP contribution in [0, 0.1) is 0 Å². The van der Waals surface area contributed by atoms with Gasteiger partial charge in [-0.2, -0.15) is 18.4 Å². The molecule has 0 radical (unpaired) electrons. The van der Waals surface area contributed by atoms with Crippen molar-refractivity contribution < 1.29 is 36.3 Å². The molecule has 0 bridgehead atoms. The van der Waals surface area contributed by atoms with E-state index in [2.05, 4.69) is 9.97 Å². The fraction of sp³-hybridized carbons (Fsp3) is 0.190. The van der Waals surface area contributed by atoms with Crippen molar-refractivity contribution in [2.45, 2.75) is 6.61 Å². The molecule has 168 valence electrons. The molecule has 0 amide bonds. The number of esters is 1. The molecule has 0 aliphatic carbocycles. The number of hydrogen-bond donors (Lipinski definition) is 0. The van der Waals surface area contributed by atoms with Gasteiger partial charge in [0, 0.05) is 0 Å². The van der Waals surface area contributed by atoms with Gasteiger partial charge in [-0.1, -0.05) is 36.4 Å². The molecule has 0 fully saturated rings. The number of benzene rings is 2. The van der Waals surface area contributed by atoms with Crippen molar-refractivity contribution in [1.82, 2.24) is 9.97 Å². The number of carbonyl (C=O) groups is 1. The Labute approximate surface area is 184 Å². The van der Waals surface area contributed by atoms with Gasteiger partial charge in [0.15, 0.2) is 5.75 Å². The zero-order chi connectivity index (χ0) is 23.1. The van der Waals surface area contributed by atoms with Gasteiger partial charge in [0.2, 0.25) is 11.8 Å². The highest BCUT2D eigenvalue weighted by Crippen LogP contribution is 2.33. The lowest BCUT2D eigenvalue weighted by Gasteiger charge is -2.14. The molecule has 32 heavy (non-hydrogen) atoms. The summed E-state index contributed by atoms with van der Waals surface area (Å²) in [5.74, 6) is -0.900. The first-order chi connectivity index (χ1) is 15.3. The highest BCUT2D eigenvalue weighted by atomic mass is 32.2. The fourth-order valence-electron chi connectivity index (χ4n) is 2.56. The molecule has 0 atom stereocenters. The molecule has 0 saturated carbocycles. The van der Waals surface area contributed by atoms with E-state index in [1.807, 2.05) is 6.07 Å². The summed E-state index contributed by atoms with van der Waals surface area (Å²) in [7, 11) is -1.14. The van der Waals surface area contributed by atoms with Gasteiger partial charge in [-0.25, -0.2) is 4.79 Å². The first-order valence-electron chi connectivity index (χ1n) is 9.17. The third-order valence-electron chi connectivity index (χ3n) is 3.92. The molecule has 0 aliphatic heterocycles. The van der Waals surface area contributed by atoms with Gasteiger partial charge in [-0.15, -0.1) is 0 Å². The highest BCUT2D eigenvalue weighted by molar-refractivity contribution is 7.86. The van der Waals surface area contributed by atoms with Crippen LogP contribution in [-0.4, -0.2) is 44.8 Å². The lowest BCUT2D eigenvalue weighted by molar-refractivity contribution is 0.0467. The molecule has 0 unspecified atom stereocenters. The number of rotatable bonds is 9. The van der Waals surface area contributed by atoms with Gasteiger partial charge in [0.25, 0.3) is 0 Å². The lowest BCUT2D eigenvalue weighted by Crippen LogP contribution is -2.13. The van der Waals surface area contributed by atoms with Crippen molar-refractivity contribution in [1.29, 1.82) is 0 Å². The molecular formula is C21H20N2O8S. The van der Waals surface area contributed by atoms with E-state index in [1.165, 1.54) is 38.5 Å². The summed E-state index contributed by atoms with van der Waals surface area (Å²) in [5, 5.41) is 0. The summed E-state index contributed by atoms with van der Waals surface area (Å²) in [4.78, 5) is 21.0. The minimum atomic E-state index is -3.95. The quantitative estimate of drug-likeness (QED) is 0.348. The van der Waals surface area contributed by atoms with Crippen LogP contribution in [0.2, 0.25) is 0 Å². The average Bonchev–Trinajstić information content (AvgIpc) is 2.77. The molecule has 3 aromatic rings. The summed E-state index contributed by atoms with van der Waals surface area (Å²) in [6, 6.07) is 14.4. The molecule has 3 rings (SSSR count). The second-order valence-electron chi connectivity index (χ2n) is 6.32. The Bertz CT molecular complexity index is 1180. The third-order valence-corrected chi connectivity index (χ3v) is 4.41. The van der Waals surface area contributed by atoms with E-state index < -0.39 is 16.1 Å². The van der Waals surface area contributed by atoms with Crippen LogP contribution in [-0.2, 0) is 21.5 Å². The van der Waals surface area contributed by atoms with Crippen LogP contribution in [0.25, 0.3) is 0 Å². The van der Waals surface area contributed by atoms with E-state index in [1.54, 1.807) is 24.3 Å². The van der Waals surface area contributed by atoms with Gasteiger partial charge in [-0.05, 0) is 17.7 Å². The van der Waals surface area contributed by atoms with Crippen molar-refractivity contribution in [2.75, 3.05) is 20.5 Å². The van der Waals surface area contributed by atoms with E-state index in [4.69, 9.17) is 23.1 Å². The topological polar surface area (TPSA) is 123 Å². The third kappa shape index (κ3) is 6.08. The van der Waals surface area contributed by atoms with Crippen LogP contribution >= 0.6 is 0 Å². The summed E-state index contributed by atoms with van der Waals surface area (Å²) in [5.41, 5.74) is 0.491. The Hall–Kier alpha value is -3.86. The van der Waals surface area contributed by atoms with Crippen LogP contribution in [0.4, 0.5) is 0 Å². The molecule has 0 spiro atoms. The van der Waals surface area contributed by atoms with E-state index in [9.17, 15) is 13.2 Å². The van der Waals surface area contributed by atoms with Crippen molar-refractivity contribution in [3.8, 4) is 29.3 Å². The maximum absolute atomic E-state index is 12.9. The Balaban J connectivity index is 1.98. The summed E-state index contributed by atoms with van der Waals surface area (Å²) in [6.45, 7) is -0.0458. The first kappa shape index (κ1) is 22.8. The van der Waals surface area contributed by atoms with Crippen LogP contribution in [0.15, 0.2) is 54.6 Å². The van der Waals surface area contributed by atoms with E-state index in [-0.39, 0.29) is 41.4 Å². The van der Waals surface area contributed by atoms with Gasteiger partial charge in [0.05, 0.1) is 26.5 Å². The minimum Gasteiger partial charge on any atom is -0.481 e. The summed E-state index contributed by atoms with van der Waals surface area (Å²) in [6.07, 6.45) is 0.857. The van der Waals surface area contributed by atoms with E-state index >= 15 is 0 Å². The Morgan fingerprint density at radius 1 is 0.906 bits per heavy atom. The molecule has 10 nitrogen and oxygen atoms in total. The number of methoxy groups -OCH3 is 2. The predicted molar refractivity (Wildman–Crippen MR) is 113 cm³/mol. The van der Waals surface area contributed by atoms with Crippen molar-refractivity contribution in [3.63, 3.8) is 0 Å². The van der Waals surface area contributed by atoms with Crippen LogP contribution < -0.4 is 18.4 Å². The SMILES string of the molecule is COc1cc(OC)nc(Oc2cccc(OS(C)(=O)=O)c2C(=O)OCc2ccccc2)n1. The van der Waals surface area contributed by atoms with E-state index in [0.29, 0.717) is 0 Å². The van der Waals surface area contributed by atoms with Crippen LogP contribution in [0.1, 0.15) is 15.9 Å². The summed E-state index contributed by atoms with van der Waals surface area (Å²) >= 11 is 0. The zero-order valence-corrected chi connectivity index (χ0v) is 18.3. The van der Waals surface area contributed by atoms with E-state index in [0.717, 1.165) is 11.8 Å². The number of nitrogens with zero attached hydrogens (tertiary/aromatic N) is 2. The van der Waals surface area contributed by atoms with Crippen molar-refractivity contribution in [2.24, 2.45) is 0 Å². The molecular weight excluding hydrogens is 440 g/mol. The second-order valence-corrected chi connectivity index (χ2v) is 7.89. The van der Waals surface area contributed by atoms with Crippen molar-refractivity contribution >= 4 is 16.1 Å². The molecule has 0 aliphatic rings. The zero-order valence-electron chi connectivity index (χ0n) is 17.5. The van der Waals surface area contributed by atoms with Crippen LogP contribution in [0.3, 0.4) is 0 Å². The molecule has 1 heterocycles. The highest BCUT2D eigenvalue weighted by Gasteiger charge is 2.24. The molecule has 0 saturated heterocycles. The largest absolute Gasteiger partial charge is 0.481 e. The Morgan fingerprint density at radius 2 is 1.53 bits per heavy atom. The standard InChI is InChI=1S/C21H20N2O8S/c1-27-17-12-18(28-2)23-21(22-17)30-15-10-7-11-16(31-32(3,25)26)19(15)20(24)29-13-14-8-5-4-6-9-14/h4-12H,13H2,1-3H3. The van der Waals surface area contributed by atoms with Gasteiger partial charge >= 0.3 is 22.1 Å². The van der Waals surface area contributed by atoms with Gasteiger partial charge in [0.1, 0.15) is 17.9 Å². The van der Waals surface area contributed by atoms with Crippen LogP contribution in [0.5, 0.6) is 29.3 Å². The predicted octanol–water partition coefficient (Wildman–Crippen LogP) is 2.98. The lowest BCUT2D eigenvalue weighted by atomic mass is 10.1. The average molecular weight is 460 g/mol. The second kappa shape index (κ2) is 9.96. The number of hydrogen-bond acceptors (Lipinski definition) is 10. The van der Waals surface area contributed by atoms with Crippen molar-refractivity contribution in [3.05, 3.63) is 65.7 Å². The molecule has 2 aromatic carbocycles. The van der Waals surface area contributed by atoms with Gasteiger partial charge in [-0.3, -0.25) is 0 Å². The number of ether oxygens (including phenoxy) is 4. The smallest absolute Gasteiger partial charge is 0.346 e. The monoisotopic (exact) mass is 460 g/mol. The maximum atomic E-state index is 12.9. The molecule has 0 N–H and O–H groups in total. The Kier molecular flexibility index (Phi) is 7.11.